The van der Waals surface area contributed by atoms with Gasteiger partial charge in [-0.15, -0.1) is 5.73 Å². The van der Waals surface area contributed by atoms with Gasteiger partial charge in [0, 0.05) is 24.6 Å². The molecule has 0 atom stereocenters. The van der Waals surface area contributed by atoms with Gasteiger partial charge in [-0.25, -0.2) is 0 Å². The van der Waals surface area contributed by atoms with E-state index in [-0.39, 0.29) is 29.1 Å². The number of hydrogen-bond donors (Lipinski definition) is 0. The Kier molecular flexibility index (Phi) is 5.27. The lowest BCUT2D eigenvalue weighted by atomic mass is 10.2. The Morgan fingerprint density at radius 1 is 1.53 bits per heavy atom. The molecule has 0 aliphatic carbocycles. The Balaban J connectivity index is 2.77. The molecular formula is C13H12F3NOS. The third kappa shape index (κ3) is 5.68. The smallest absolute Gasteiger partial charge is 0.337 e. The minimum absolute atomic E-state index is 0.102. The molecule has 6 heteroatoms. The van der Waals surface area contributed by atoms with Crippen LogP contribution in [0.4, 0.5) is 13.2 Å². The maximum absolute atomic E-state index is 12.2. The van der Waals surface area contributed by atoms with Crippen molar-refractivity contribution in [3.05, 3.63) is 48.2 Å². The van der Waals surface area contributed by atoms with Crippen LogP contribution in [0.5, 0.6) is 0 Å². The van der Waals surface area contributed by atoms with Crippen LogP contribution in [-0.2, 0) is 11.3 Å². The molecule has 0 saturated heterocycles. The average molecular weight is 287 g/mol. The highest BCUT2D eigenvalue weighted by atomic mass is 32.2. The van der Waals surface area contributed by atoms with Crippen molar-refractivity contribution in [2.75, 3.05) is 7.05 Å². The predicted octanol–water partition coefficient (Wildman–Crippen LogP) is 3.60. The largest absolute Gasteiger partial charge is 0.446 e. The first-order valence-corrected chi connectivity index (χ1v) is 6.09. The quantitative estimate of drug-likeness (QED) is 0.479. The van der Waals surface area contributed by atoms with Crippen LogP contribution in [0.15, 0.2) is 47.5 Å². The summed E-state index contributed by atoms with van der Waals surface area (Å²) in [5, 5.41) is 0. The monoisotopic (exact) mass is 287 g/mol. The van der Waals surface area contributed by atoms with Gasteiger partial charge in [-0.05, 0) is 29.5 Å². The highest BCUT2D eigenvalue weighted by Gasteiger charge is 2.29. The molecule has 0 aliphatic heterocycles. The lowest BCUT2D eigenvalue weighted by Gasteiger charge is -2.15. The third-order valence-corrected chi connectivity index (χ3v) is 2.87. The van der Waals surface area contributed by atoms with Gasteiger partial charge in [0.2, 0.25) is 0 Å². The standard InChI is InChI=1S/C13H12F3NOS/c1-3-5-12(18)17(2)9-10-6-4-7-11(8-10)19-13(14,15)16/h4-8H,1,9H2,2H3. The molecule has 0 bridgehead atoms. The van der Waals surface area contributed by atoms with Crippen LogP contribution in [-0.4, -0.2) is 23.4 Å². The number of benzene rings is 1. The first-order chi connectivity index (χ1) is 8.81. The topological polar surface area (TPSA) is 20.3 Å². The summed E-state index contributed by atoms with van der Waals surface area (Å²) in [5.41, 5.74) is -1.33. The molecule has 0 unspecified atom stereocenters. The zero-order valence-corrected chi connectivity index (χ0v) is 11.0. The number of amides is 1. The zero-order chi connectivity index (χ0) is 14.5. The van der Waals surface area contributed by atoms with Crippen LogP contribution >= 0.6 is 11.8 Å². The first kappa shape index (κ1) is 15.4. The summed E-state index contributed by atoms with van der Waals surface area (Å²) in [6, 6.07) is 6.00. The minimum Gasteiger partial charge on any atom is -0.337 e. The molecule has 0 fully saturated rings. The predicted molar refractivity (Wildman–Crippen MR) is 68.5 cm³/mol. The normalized spacial score (nSPS) is 10.7. The number of carbonyl (C=O) groups is 1. The van der Waals surface area contributed by atoms with Crippen molar-refractivity contribution in [3.63, 3.8) is 0 Å². The molecule has 0 heterocycles. The van der Waals surface area contributed by atoms with Crippen LogP contribution in [0.25, 0.3) is 0 Å². The Bertz CT molecular complexity index is 507. The van der Waals surface area contributed by atoms with Gasteiger partial charge in [0.25, 0.3) is 5.91 Å². The maximum atomic E-state index is 12.2. The van der Waals surface area contributed by atoms with E-state index in [0.717, 1.165) is 0 Å². The van der Waals surface area contributed by atoms with Gasteiger partial charge in [-0.1, -0.05) is 18.7 Å². The summed E-state index contributed by atoms with van der Waals surface area (Å²) < 4.78 is 36.7. The fourth-order valence-corrected chi connectivity index (χ4v) is 2.01. The Hall–Kier alpha value is -1.65. The van der Waals surface area contributed by atoms with Crippen LogP contribution in [0.2, 0.25) is 0 Å². The van der Waals surface area contributed by atoms with E-state index in [0.29, 0.717) is 5.56 Å². The van der Waals surface area contributed by atoms with E-state index in [9.17, 15) is 18.0 Å². The number of hydrogen-bond acceptors (Lipinski definition) is 2. The first-order valence-electron chi connectivity index (χ1n) is 5.27. The summed E-state index contributed by atoms with van der Waals surface area (Å²) in [6.45, 7) is 3.51. The SMILES string of the molecule is C=C=CC(=O)N(C)Cc1cccc(SC(F)(F)F)c1. The molecule has 0 radical (unpaired) electrons. The van der Waals surface area contributed by atoms with Crippen LogP contribution in [0.1, 0.15) is 5.56 Å². The molecule has 1 aromatic rings. The van der Waals surface area contributed by atoms with Gasteiger partial charge in [-0.2, -0.15) is 13.2 Å². The second-order valence-corrected chi connectivity index (χ2v) is 4.88. The lowest BCUT2D eigenvalue weighted by molar-refractivity contribution is -0.125. The van der Waals surface area contributed by atoms with Crippen LogP contribution < -0.4 is 0 Å². The highest BCUT2D eigenvalue weighted by molar-refractivity contribution is 8.00. The average Bonchev–Trinajstić information content (AvgIpc) is 2.27. The number of nitrogens with zero attached hydrogens (tertiary/aromatic N) is 1. The van der Waals surface area contributed by atoms with Crippen molar-refractivity contribution in [3.8, 4) is 0 Å². The van der Waals surface area contributed by atoms with Gasteiger partial charge in [0.1, 0.15) is 0 Å². The molecule has 102 valence electrons. The molecule has 2 nitrogen and oxygen atoms in total. The molecule has 0 saturated carbocycles. The Labute approximate surface area is 113 Å². The van der Waals surface area contributed by atoms with E-state index in [1.165, 1.54) is 29.2 Å². The number of rotatable bonds is 4. The Morgan fingerprint density at radius 2 is 2.21 bits per heavy atom. The fourth-order valence-electron chi connectivity index (χ4n) is 1.39. The Morgan fingerprint density at radius 3 is 2.79 bits per heavy atom. The van der Waals surface area contributed by atoms with Gasteiger partial charge >= 0.3 is 5.51 Å². The maximum Gasteiger partial charge on any atom is 0.446 e. The molecule has 1 aromatic carbocycles. The summed E-state index contributed by atoms with van der Waals surface area (Å²) in [5.74, 6) is -0.302. The summed E-state index contributed by atoms with van der Waals surface area (Å²) in [4.78, 5) is 12.9. The van der Waals surface area contributed by atoms with Crippen molar-refractivity contribution in [1.82, 2.24) is 4.90 Å². The molecule has 0 spiro atoms. The van der Waals surface area contributed by atoms with Gasteiger partial charge in [-0.3, -0.25) is 4.79 Å². The van der Waals surface area contributed by atoms with Crippen LogP contribution in [0, 0.1) is 0 Å². The van der Waals surface area contributed by atoms with E-state index in [2.05, 4.69) is 12.3 Å². The van der Waals surface area contributed by atoms with Crippen molar-refractivity contribution in [2.24, 2.45) is 0 Å². The van der Waals surface area contributed by atoms with Gasteiger partial charge < -0.3 is 4.90 Å². The molecule has 19 heavy (non-hydrogen) atoms. The van der Waals surface area contributed by atoms with Gasteiger partial charge in [0.15, 0.2) is 0 Å². The number of halogens is 3. The minimum atomic E-state index is -4.31. The molecule has 0 N–H and O–H groups in total. The van der Waals surface area contributed by atoms with Crippen molar-refractivity contribution >= 4 is 17.7 Å². The molecule has 1 amide bonds. The molecule has 1 rings (SSSR count). The molecule has 0 aromatic heterocycles. The second-order valence-electron chi connectivity index (χ2n) is 3.74. The van der Waals surface area contributed by atoms with E-state index < -0.39 is 5.51 Å². The highest BCUT2D eigenvalue weighted by Crippen LogP contribution is 2.36. The summed E-state index contributed by atoms with van der Waals surface area (Å²) in [7, 11) is 1.56. The van der Waals surface area contributed by atoms with Crippen molar-refractivity contribution < 1.29 is 18.0 Å². The summed E-state index contributed by atoms with van der Waals surface area (Å²) >= 11 is -0.173. The number of thioether (sulfide) groups is 1. The zero-order valence-electron chi connectivity index (χ0n) is 10.2. The molecular weight excluding hydrogens is 275 g/mol. The third-order valence-electron chi connectivity index (χ3n) is 2.15. The van der Waals surface area contributed by atoms with Crippen molar-refractivity contribution in [2.45, 2.75) is 16.9 Å². The molecule has 0 aliphatic rings. The van der Waals surface area contributed by atoms with Gasteiger partial charge in [0.05, 0.1) is 0 Å². The van der Waals surface area contributed by atoms with E-state index >= 15 is 0 Å². The second kappa shape index (κ2) is 6.50. The number of likely N-dealkylation sites (N-methyl/N-ethyl adjacent to an activating group) is 1. The van der Waals surface area contributed by atoms with E-state index in [1.54, 1.807) is 13.1 Å². The van der Waals surface area contributed by atoms with E-state index in [4.69, 9.17) is 0 Å². The number of alkyl halides is 3. The fraction of sp³-hybridized carbons (Fsp3) is 0.231. The lowest BCUT2D eigenvalue weighted by Crippen LogP contribution is -2.23. The van der Waals surface area contributed by atoms with E-state index in [1.807, 2.05) is 0 Å². The van der Waals surface area contributed by atoms with Crippen molar-refractivity contribution in [1.29, 1.82) is 0 Å². The van der Waals surface area contributed by atoms with Crippen LogP contribution in [0.3, 0.4) is 0 Å². The summed E-state index contributed by atoms with van der Waals surface area (Å²) in [6.07, 6.45) is 1.17. The number of carbonyl (C=O) groups excluding carboxylic acids is 1.